The maximum atomic E-state index is 11.8. The molecular formula is C22H22ClN7O4. The van der Waals surface area contributed by atoms with Gasteiger partial charge >= 0.3 is 6.09 Å². The van der Waals surface area contributed by atoms with E-state index >= 15 is 0 Å². The number of hydrogen-bond acceptors (Lipinski definition) is 8. The summed E-state index contributed by atoms with van der Waals surface area (Å²) >= 11 is 6.41. The molecule has 1 atom stereocenters. The maximum absolute atomic E-state index is 11.8. The molecule has 1 aliphatic rings. The Morgan fingerprint density at radius 1 is 1.29 bits per heavy atom. The van der Waals surface area contributed by atoms with Crippen LogP contribution in [0, 0.1) is 0 Å². The Labute approximate surface area is 199 Å². The van der Waals surface area contributed by atoms with E-state index in [0.29, 0.717) is 54.4 Å². The topological polar surface area (TPSA) is 145 Å². The summed E-state index contributed by atoms with van der Waals surface area (Å²) in [6.45, 7) is 3.15. The van der Waals surface area contributed by atoms with E-state index < -0.39 is 6.09 Å². The normalized spacial score (nSPS) is 15.5. The smallest absolute Gasteiger partial charge is 0.407 e. The summed E-state index contributed by atoms with van der Waals surface area (Å²) in [5.41, 5.74) is 9.55. The van der Waals surface area contributed by atoms with Crippen LogP contribution in [0.15, 0.2) is 35.0 Å². The van der Waals surface area contributed by atoms with Crippen LogP contribution in [-0.4, -0.2) is 53.6 Å². The van der Waals surface area contributed by atoms with Gasteiger partial charge in [-0.25, -0.2) is 14.4 Å². The first-order valence-corrected chi connectivity index (χ1v) is 11.2. The van der Waals surface area contributed by atoms with E-state index in [4.69, 9.17) is 26.7 Å². The molecule has 1 aromatic carbocycles. The molecule has 0 saturated carbocycles. The number of aromatic nitrogens is 5. The van der Waals surface area contributed by atoms with Gasteiger partial charge in [0.05, 0.1) is 12.1 Å². The number of aryl methyl sites for hydroxylation is 1. The molecule has 4 aromatic rings. The second-order valence-electron chi connectivity index (χ2n) is 7.97. The van der Waals surface area contributed by atoms with Gasteiger partial charge in [0.1, 0.15) is 5.52 Å². The van der Waals surface area contributed by atoms with Crippen molar-refractivity contribution in [3.8, 4) is 17.4 Å². The third-order valence-corrected chi connectivity index (χ3v) is 6.28. The van der Waals surface area contributed by atoms with E-state index in [1.54, 1.807) is 6.07 Å². The summed E-state index contributed by atoms with van der Waals surface area (Å²) in [6.07, 6.45) is 0.207. The van der Waals surface area contributed by atoms with Crippen LogP contribution in [0.4, 0.5) is 10.6 Å². The van der Waals surface area contributed by atoms with Gasteiger partial charge in [-0.15, -0.1) is 0 Å². The number of carbonyl (C=O) groups is 1. The van der Waals surface area contributed by atoms with Gasteiger partial charge in [0, 0.05) is 31.6 Å². The van der Waals surface area contributed by atoms with E-state index in [1.165, 1.54) is 4.90 Å². The first kappa shape index (κ1) is 22.0. The van der Waals surface area contributed by atoms with Crippen molar-refractivity contribution in [3.63, 3.8) is 0 Å². The van der Waals surface area contributed by atoms with Crippen molar-refractivity contribution in [1.82, 2.24) is 29.7 Å². The number of nitrogens with zero attached hydrogens (tertiary/aromatic N) is 6. The largest absolute Gasteiger partial charge is 0.477 e. The predicted octanol–water partition coefficient (Wildman–Crippen LogP) is 3.61. The molecule has 5 rings (SSSR count). The molecule has 0 aliphatic carbocycles. The number of hydrogen-bond donors (Lipinski definition) is 2. The third-order valence-electron chi connectivity index (χ3n) is 6.01. The molecular weight excluding hydrogens is 462 g/mol. The summed E-state index contributed by atoms with van der Waals surface area (Å²) in [6, 6.07) is 9.45. The molecule has 11 nitrogen and oxygen atoms in total. The monoisotopic (exact) mass is 483 g/mol. The van der Waals surface area contributed by atoms with Gasteiger partial charge in [-0.3, -0.25) is 0 Å². The summed E-state index contributed by atoms with van der Waals surface area (Å²) in [4.78, 5) is 22.1. The molecule has 1 amide bonds. The van der Waals surface area contributed by atoms with Crippen LogP contribution in [0.5, 0.6) is 5.88 Å². The van der Waals surface area contributed by atoms with E-state index in [-0.39, 0.29) is 23.6 Å². The van der Waals surface area contributed by atoms with Crippen molar-refractivity contribution in [2.75, 3.05) is 12.3 Å². The molecule has 3 aromatic heterocycles. The van der Waals surface area contributed by atoms with Gasteiger partial charge in [0.25, 0.3) is 0 Å². The zero-order valence-corrected chi connectivity index (χ0v) is 19.1. The highest BCUT2D eigenvalue weighted by molar-refractivity contribution is 6.33. The van der Waals surface area contributed by atoms with Gasteiger partial charge in [0.15, 0.2) is 22.5 Å². The predicted molar refractivity (Wildman–Crippen MR) is 124 cm³/mol. The number of carboxylic acid groups (broad SMARTS) is 1. The molecule has 0 fully saturated rings. The number of imidazole rings is 1. The molecule has 176 valence electrons. The molecule has 0 spiro atoms. The Morgan fingerprint density at radius 2 is 2.09 bits per heavy atom. The standard InChI is InChI=1S/C22H22ClN7O4/c1-2-29-15-10-16(25-19(23)17(15)26-21(29)18-20(24)28-34-27-18)33-8-7-14-9-12-5-3-4-6-13(12)11-30(14)22(31)32/h3-6,10,14H,2,7-9,11H2,1H3,(H2,24,28)(H,31,32)/t14-/m0/s1. The number of nitrogens with two attached hydrogens (primary N) is 1. The molecule has 1 aliphatic heterocycles. The number of anilines is 1. The summed E-state index contributed by atoms with van der Waals surface area (Å²) in [5, 5.41) is 17.3. The zero-order valence-electron chi connectivity index (χ0n) is 18.3. The minimum absolute atomic E-state index is 0.127. The fraction of sp³-hybridized carbons (Fsp3) is 0.318. The minimum Gasteiger partial charge on any atom is -0.477 e. The van der Waals surface area contributed by atoms with Crippen LogP contribution in [0.2, 0.25) is 5.15 Å². The second kappa shape index (κ2) is 8.82. The number of halogens is 1. The number of benzene rings is 1. The van der Waals surface area contributed by atoms with Crippen molar-refractivity contribution >= 4 is 34.5 Å². The van der Waals surface area contributed by atoms with Crippen LogP contribution in [0.1, 0.15) is 24.5 Å². The first-order chi connectivity index (χ1) is 16.5. The van der Waals surface area contributed by atoms with E-state index in [1.807, 2.05) is 35.8 Å². The van der Waals surface area contributed by atoms with Crippen molar-refractivity contribution < 1.29 is 19.3 Å². The highest BCUT2D eigenvalue weighted by Gasteiger charge is 2.29. The van der Waals surface area contributed by atoms with E-state index in [2.05, 4.69) is 20.3 Å². The molecule has 0 unspecified atom stereocenters. The lowest BCUT2D eigenvalue weighted by Crippen LogP contribution is -2.44. The Balaban J connectivity index is 1.36. The van der Waals surface area contributed by atoms with Gasteiger partial charge in [-0.2, -0.15) is 4.98 Å². The number of rotatable bonds is 6. The van der Waals surface area contributed by atoms with Gasteiger partial charge in [0.2, 0.25) is 5.88 Å². The fourth-order valence-electron chi connectivity index (χ4n) is 4.36. The van der Waals surface area contributed by atoms with E-state index in [9.17, 15) is 9.90 Å². The highest BCUT2D eigenvalue weighted by Crippen LogP contribution is 2.32. The molecule has 0 saturated heterocycles. The SMILES string of the molecule is CCn1c(-c2nonc2N)nc2c(Cl)nc(OCC[C@H]3Cc4ccccc4CN3C(=O)O)cc21. The lowest BCUT2D eigenvalue weighted by molar-refractivity contribution is 0.105. The van der Waals surface area contributed by atoms with Gasteiger partial charge < -0.3 is 25.0 Å². The van der Waals surface area contributed by atoms with Crippen molar-refractivity contribution in [2.24, 2.45) is 0 Å². The Bertz CT molecular complexity index is 1370. The molecule has 34 heavy (non-hydrogen) atoms. The summed E-state index contributed by atoms with van der Waals surface area (Å²) in [7, 11) is 0. The van der Waals surface area contributed by atoms with Crippen LogP contribution in [0.3, 0.4) is 0 Å². The lowest BCUT2D eigenvalue weighted by atomic mass is 9.93. The molecule has 3 N–H and O–H groups in total. The first-order valence-electron chi connectivity index (χ1n) is 10.8. The van der Waals surface area contributed by atoms with Crippen LogP contribution >= 0.6 is 11.6 Å². The van der Waals surface area contributed by atoms with E-state index in [0.717, 1.165) is 11.1 Å². The fourth-order valence-corrected chi connectivity index (χ4v) is 4.58. The zero-order chi connectivity index (χ0) is 23.8. The number of amides is 1. The quantitative estimate of drug-likeness (QED) is 0.392. The van der Waals surface area contributed by atoms with Crippen molar-refractivity contribution in [2.45, 2.75) is 38.9 Å². The molecule has 0 radical (unpaired) electrons. The molecule has 12 heteroatoms. The Kier molecular flexibility index (Phi) is 5.70. The minimum atomic E-state index is -0.942. The number of pyridine rings is 1. The van der Waals surface area contributed by atoms with Gasteiger partial charge in [-0.1, -0.05) is 35.9 Å². The van der Waals surface area contributed by atoms with Crippen LogP contribution in [0.25, 0.3) is 22.6 Å². The maximum Gasteiger partial charge on any atom is 0.407 e. The summed E-state index contributed by atoms with van der Waals surface area (Å²) in [5.74, 6) is 0.917. The third kappa shape index (κ3) is 3.87. The van der Waals surface area contributed by atoms with Crippen molar-refractivity contribution in [1.29, 1.82) is 0 Å². The van der Waals surface area contributed by atoms with Gasteiger partial charge in [-0.05, 0) is 34.8 Å². The second-order valence-corrected chi connectivity index (χ2v) is 8.33. The average molecular weight is 484 g/mol. The molecule has 0 bridgehead atoms. The number of fused-ring (bicyclic) bond motifs is 2. The average Bonchev–Trinajstić information content (AvgIpc) is 3.41. The Hall–Kier alpha value is -3.86. The van der Waals surface area contributed by atoms with Crippen LogP contribution < -0.4 is 10.5 Å². The highest BCUT2D eigenvalue weighted by atomic mass is 35.5. The Morgan fingerprint density at radius 3 is 2.79 bits per heavy atom. The molecule has 4 heterocycles. The number of ether oxygens (including phenoxy) is 1. The number of nitrogen functional groups attached to an aromatic ring is 1. The van der Waals surface area contributed by atoms with Crippen LogP contribution in [-0.2, 0) is 19.5 Å². The van der Waals surface area contributed by atoms with Crippen molar-refractivity contribution in [3.05, 3.63) is 46.6 Å². The lowest BCUT2D eigenvalue weighted by Gasteiger charge is -2.35. The summed E-state index contributed by atoms with van der Waals surface area (Å²) < 4.78 is 12.5.